The first-order chi connectivity index (χ1) is 7.89. The van der Waals surface area contributed by atoms with E-state index in [0.29, 0.717) is 5.56 Å². The Morgan fingerprint density at radius 2 is 2.18 bits per heavy atom. The lowest BCUT2D eigenvalue weighted by Gasteiger charge is -2.20. The van der Waals surface area contributed by atoms with Gasteiger partial charge < -0.3 is 10.0 Å². The van der Waals surface area contributed by atoms with Gasteiger partial charge in [-0.05, 0) is 30.0 Å². The molecule has 3 nitrogen and oxygen atoms in total. The number of phenols is 1. The molecule has 1 heterocycles. The average molecular weight is 254 g/mol. The molecule has 0 spiro atoms. The van der Waals surface area contributed by atoms with Crippen molar-refractivity contribution in [3.8, 4) is 5.75 Å². The highest BCUT2D eigenvalue weighted by Gasteiger charge is 2.32. The second-order valence-corrected chi connectivity index (χ2v) is 5.71. The minimum absolute atomic E-state index is 0.00460. The van der Waals surface area contributed by atoms with Crippen LogP contribution < -0.4 is 0 Å². The number of carbonyl (C=O) groups is 1. The molecule has 1 aliphatic heterocycles. The summed E-state index contributed by atoms with van der Waals surface area (Å²) < 4.78 is 0. The number of carbonyl (C=O) groups excluding carboxylic acids is 1. The first-order valence-electron chi connectivity index (χ1n) is 5.67. The zero-order valence-corrected chi connectivity index (χ0v) is 10.8. The summed E-state index contributed by atoms with van der Waals surface area (Å²) in [6.45, 7) is 5.86. The van der Waals surface area contributed by atoms with Crippen LogP contribution in [0.25, 0.3) is 0 Å². The Morgan fingerprint density at radius 3 is 2.71 bits per heavy atom. The van der Waals surface area contributed by atoms with E-state index in [1.165, 1.54) is 12.1 Å². The van der Waals surface area contributed by atoms with Gasteiger partial charge in [0.2, 0.25) is 0 Å². The van der Waals surface area contributed by atoms with Crippen molar-refractivity contribution >= 4 is 17.5 Å². The Morgan fingerprint density at radius 1 is 1.47 bits per heavy atom. The van der Waals surface area contributed by atoms with Crippen LogP contribution in [0.5, 0.6) is 5.75 Å². The van der Waals surface area contributed by atoms with Crippen LogP contribution in [-0.2, 0) is 0 Å². The number of halogens is 1. The van der Waals surface area contributed by atoms with E-state index in [2.05, 4.69) is 13.8 Å². The van der Waals surface area contributed by atoms with Crippen LogP contribution in [-0.4, -0.2) is 29.0 Å². The summed E-state index contributed by atoms with van der Waals surface area (Å²) in [6, 6.07) is 4.58. The molecule has 0 aromatic heterocycles. The Kier molecular flexibility index (Phi) is 3.04. The van der Waals surface area contributed by atoms with E-state index in [4.69, 9.17) is 11.6 Å². The van der Waals surface area contributed by atoms with E-state index in [1.54, 1.807) is 6.07 Å². The van der Waals surface area contributed by atoms with Crippen molar-refractivity contribution in [1.29, 1.82) is 0 Å². The molecule has 0 radical (unpaired) electrons. The molecule has 1 fully saturated rings. The zero-order valence-electron chi connectivity index (χ0n) is 10.0. The zero-order chi connectivity index (χ0) is 12.6. The van der Waals surface area contributed by atoms with Crippen LogP contribution in [0.15, 0.2) is 18.2 Å². The van der Waals surface area contributed by atoms with Gasteiger partial charge in [0.25, 0.3) is 5.91 Å². The van der Waals surface area contributed by atoms with Crippen molar-refractivity contribution in [2.24, 2.45) is 5.41 Å². The van der Waals surface area contributed by atoms with Crippen LogP contribution in [0.3, 0.4) is 0 Å². The monoisotopic (exact) mass is 253 g/mol. The van der Waals surface area contributed by atoms with Crippen LogP contribution in [0.2, 0.25) is 5.02 Å². The fourth-order valence-corrected chi connectivity index (χ4v) is 2.29. The highest BCUT2D eigenvalue weighted by atomic mass is 35.5. The van der Waals surface area contributed by atoms with Gasteiger partial charge in [0.1, 0.15) is 5.75 Å². The van der Waals surface area contributed by atoms with Crippen molar-refractivity contribution in [3.63, 3.8) is 0 Å². The summed E-state index contributed by atoms with van der Waals surface area (Å²) >= 11 is 5.80. The second kappa shape index (κ2) is 4.22. The number of nitrogens with zero attached hydrogens (tertiary/aromatic N) is 1. The maximum absolute atomic E-state index is 12.2. The van der Waals surface area contributed by atoms with Crippen molar-refractivity contribution in [3.05, 3.63) is 28.8 Å². The molecule has 1 aromatic carbocycles. The Labute approximate surface area is 106 Å². The van der Waals surface area contributed by atoms with E-state index < -0.39 is 0 Å². The van der Waals surface area contributed by atoms with Crippen LogP contribution in [0.4, 0.5) is 0 Å². The molecule has 0 saturated carbocycles. The highest BCUT2D eigenvalue weighted by Crippen LogP contribution is 2.31. The molecule has 2 rings (SSSR count). The number of amides is 1. The molecule has 1 N–H and O–H groups in total. The van der Waals surface area contributed by atoms with Gasteiger partial charge in [0.05, 0.1) is 5.02 Å². The lowest BCUT2D eigenvalue weighted by Crippen LogP contribution is -2.30. The third-order valence-electron chi connectivity index (χ3n) is 3.16. The van der Waals surface area contributed by atoms with Crippen molar-refractivity contribution < 1.29 is 9.90 Å². The van der Waals surface area contributed by atoms with Gasteiger partial charge in [-0.15, -0.1) is 0 Å². The van der Waals surface area contributed by atoms with E-state index in [1.807, 2.05) is 4.90 Å². The molecule has 0 atom stereocenters. The number of rotatable bonds is 1. The molecule has 0 bridgehead atoms. The second-order valence-electron chi connectivity index (χ2n) is 5.31. The largest absolute Gasteiger partial charge is 0.506 e. The minimum atomic E-state index is -0.0162. The van der Waals surface area contributed by atoms with Crippen molar-refractivity contribution in [2.75, 3.05) is 13.1 Å². The van der Waals surface area contributed by atoms with E-state index >= 15 is 0 Å². The number of hydrogen-bond acceptors (Lipinski definition) is 2. The van der Waals surface area contributed by atoms with E-state index in [9.17, 15) is 9.90 Å². The Hall–Kier alpha value is -1.22. The number of phenolic OH excluding ortho intramolecular Hbond substituents is 1. The molecule has 1 aliphatic rings. The fourth-order valence-electron chi connectivity index (χ4n) is 2.11. The van der Waals surface area contributed by atoms with Crippen LogP contribution in [0.1, 0.15) is 30.6 Å². The molecule has 0 unspecified atom stereocenters. The predicted octanol–water partition coefficient (Wildman–Crippen LogP) is 2.92. The molecule has 1 amide bonds. The van der Waals surface area contributed by atoms with Crippen LogP contribution in [0, 0.1) is 5.41 Å². The first kappa shape index (κ1) is 12.2. The molecule has 0 aliphatic carbocycles. The normalized spacial score (nSPS) is 18.4. The summed E-state index contributed by atoms with van der Waals surface area (Å²) in [7, 11) is 0. The summed E-state index contributed by atoms with van der Waals surface area (Å²) in [5.74, 6) is -0.0116. The maximum Gasteiger partial charge on any atom is 0.253 e. The van der Waals surface area contributed by atoms with Gasteiger partial charge in [0.15, 0.2) is 0 Å². The van der Waals surface area contributed by atoms with Crippen LogP contribution >= 0.6 is 11.6 Å². The summed E-state index contributed by atoms with van der Waals surface area (Å²) in [6.07, 6.45) is 1.02. The average Bonchev–Trinajstić information content (AvgIpc) is 2.62. The molecule has 4 heteroatoms. The third-order valence-corrected chi connectivity index (χ3v) is 3.46. The Balaban J connectivity index is 2.18. The summed E-state index contributed by atoms with van der Waals surface area (Å²) in [5.41, 5.74) is 0.724. The minimum Gasteiger partial charge on any atom is -0.506 e. The van der Waals surface area contributed by atoms with E-state index in [0.717, 1.165) is 19.5 Å². The fraction of sp³-hybridized carbons (Fsp3) is 0.462. The molecular formula is C13H16ClNO2. The molecular weight excluding hydrogens is 238 g/mol. The number of aromatic hydroxyl groups is 1. The summed E-state index contributed by atoms with van der Waals surface area (Å²) in [4.78, 5) is 14.0. The lowest BCUT2D eigenvalue weighted by atomic mass is 9.93. The smallest absolute Gasteiger partial charge is 0.253 e. The van der Waals surface area contributed by atoms with E-state index in [-0.39, 0.29) is 22.1 Å². The molecule has 92 valence electrons. The topological polar surface area (TPSA) is 40.5 Å². The maximum atomic E-state index is 12.2. The Bertz CT molecular complexity index is 457. The van der Waals surface area contributed by atoms with Gasteiger partial charge in [-0.1, -0.05) is 25.4 Å². The molecule has 17 heavy (non-hydrogen) atoms. The van der Waals surface area contributed by atoms with Crippen molar-refractivity contribution in [2.45, 2.75) is 20.3 Å². The van der Waals surface area contributed by atoms with Crippen molar-refractivity contribution in [1.82, 2.24) is 4.90 Å². The molecule has 1 aromatic rings. The number of likely N-dealkylation sites (tertiary alicyclic amines) is 1. The number of hydrogen-bond donors (Lipinski definition) is 1. The summed E-state index contributed by atoms with van der Waals surface area (Å²) in [5, 5.41) is 9.53. The highest BCUT2D eigenvalue weighted by molar-refractivity contribution is 6.32. The standard InChI is InChI=1S/C13H16ClNO2/c1-13(2)5-6-15(8-13)12(17)9-3-4-11(16)10(14)7-9/h3-4,7,16H,5-6,8H2,1-2H3. The third kappa shape index (κ3) is 2.55. The quantitative estimate of drug-likeness (QED) is 0.836. The van der Waals surface area contributed by atoms with Gasteiger partial charge >= 0.3 is 0 Å². The van der Waals surface area contributed by atoms with Gasteiger partial charge in [-0.25, -0.2) is 0 Å². The molecule has 1 saturated heterocycles. The van der Waals surface area contributed by atoms with Gasteiger partial charge in [0, 0.05) is 18.7 Å². The number of benzene rings is 1. The first-order valence-corrected chi connectivity index (χ1v) is 6.05. The van der Waals surface area contributed by atoms with Gasteiger partial charge in [-0.3, -0.25) is 4.79 Å². The predicted molar refractivity (Wildman–Crippen MR) is 67.4 cm³/mol. The SMILES string of the molecule is CC1(C)CCN(C(=O)c2ccc(O)c(Cl)c2)C1. The van der Waals surface area contributed by atoms with Gasteiger partial charge in [-0.2, -0.15) is 0 Å². The lowest BCUT2D eigenvalue weighted by molar-refractivity contribution is 0.0778.